The SMILES string of the molecule is CC(=O)NC[C@H]1[C@H]2C[C@H](CN(C(=O)[C@@H]3C[C@@H](O)CN3)C2)c2cccc(=O)n21.Cl. The first-order chi connectivity index (χ1) is 12.9. The Bertz CT molecular complexity index is 813. The maximum absolute atomic E-state index is 12.9. The predicted molar refractivity (Wildman–Crippen MR) is 106 cm³/mol. The molecule has 28 heavy (non-hydrogen) atoms. The van der Waals surface area contributed by atoms with E-state index in [1.54, 1.807) is 12.1 Å². The molecule has 1 aromatic rings. The van der Waals surface area contributed by atoms with Crippen LogP contribution in [0.15, 0.2) is 23.0 Å². The van der Waals surface area contributed by atoms with E-state index >= 15 is 0 Å². The molecule has 4 rings (SSSR count). The van der Waals surface area contributed by atoms with Crippen LogP contribution >= 0.6 is 12.4 Å². The lowest BCUT2D eigenvalue weighted by Gasteiger charge is -2.47. The van der Waals surface area contributed by atoms with E-state index in [-0.39, 0.29) is 53.7 Å². The van der Waals surface area contributed by atoms with Crippen LogP contribution in [0.3, 0.4) is 0 Å². The number of likely N-dealkylation sites (tertiary alicyclic amines) is 1. The third kappa shape index (κ3) is 3.81. The molecule has 9 heteroatoms. The van der Waals surface area contributed by atoms with E-state index < -0.39 is 6.10 Å². The van der Waals surface area contributed by atoms with Gasteiger partial charge in [-0.15, -0.1) is 12.4 Å². The minimum atomic E-state index is -0.477. The number of aliphatic hydroxyl groups excluding tert-OH is 1. The van der Waals surface area contributed by atoms with E-state index in [9.17, 15) is 19.5 Å². The number of nitrogens with zero attached hydrogens (tertiary/aromatic N) is 2. The number of nitrogens with one attached hydrogen (secondary N) is 2. The summed E-state index contributed by atoms with van der Waals surface area (Å²) in [5.41, 5.74) is 0.879. The van der Waals surface area contributed by atoms with Crippen LogP contribution in [-0.4, -0.2) is 64.7 Å². The lowest BCUT2D eigenvalue weighted by Crippen LogP contribution is -2.55. The normalized spacial score (nSPS) is 30.9. The van der Waals surface area contributed by atoms with E-state index in [1.807, 2.05) is 15.5 Å². The minimum Gasteiger partial charge on any atom is -0.392 e. The molecule has 8 nitrogen and oxygen atoms in total. The van der Waals surface area contributed by atoms with Crippen LogP contribution in [0.2, 0.25) is 0 Å². The Labute approximate surface area is 169 Å². The van der Waals surface area contributed by atoms with Gasteiger partial charge >= 0.3 is 0 Å². The van der Waals surface area contributed by atoms with Crippen LogP contribution < -0.4 is 16.2 Å². The highest BCUT2D eigenvalue weighted by Gasteiger charge is 2.43. The molecule has 0 unspecified atom stereocenters. The Kier molecular flexibility index (Phi) is 6.12. The van der Waals surface area contributed by atoms with Crippen molar-refractivity contribution in [1.82, 2.24) is 20.1 Å². The lowest BCUT2D eigenvalue weighted by molar-refractivity contribution is -0.136. The van der Waals surface area contributed by atoms with Crippen LogP contribution in [0.1, 0.15) is 37.4 Å². The Morgan fingerprint density at radius 1 is 1.29 bits per heavy atom. The molecule has 5 atom stereocenters. The number of carbonyl (C=O) groups is 2. The number of pyridine rings is 1. The third-order valence-corrected chi connectivity index (χ3v) is 6.08. The van der Waals surface area contributed by atoms with Crippen LogP contribution in [-0.2, 0) is 9.59 Å². The molecule has 3 aliphatic rings. The van der Waals surface area contributed by atoms with Crippen molar-refractivity contribution in [3.63, 3.8) is 0 Å². The van der Waals surface area contributed by atoms with Crippen LogP contribution in [0, 0.1) is 5.92 Å². The Morgan fingerprint density at radius 2 is 2.07 bits per heavy atom. The van der Waals surface area contributed by atoms with E-state index in [4.69, 9.17) is 0 Å². The van der Waals surface area contributed by atoms with E-state index in [2.05, 4.69) is 10.6 Å². The van der Waals surface area contributed by atoms with Crippen molar-refractivity contribution in [2.75, 3.05) is 26.2 Å². The molecule has 0 aliphatic carbocycles. The van der Waals surface area contributed by atoms with Gasteiger partial charge < -0.3 is 25.2 Å². The molecule has 2 saturated heterocycles. The molecule has 3 N–H and O–H groups in total. The molecule has 0 saturated carbocycles. The summed E-state index contributed by atoms with van der Waals surface area (Å²) >= 11 is 0. The maximum atomic E-state index is 12.9. The summed E-state index contributed by atoms with van der Waals surface area (Å²) < 4.78 is 1.81. The minimum absolute atomic E-state index is 0. The molecular weight excluding hydrogens is 384 g/mol. The molecule has 154 valence electrons. The summed E-state index contributed by atoms with van der Waals surface area (Å²) in [7, 11) is 0. The average molecular weight is 411 g/mol. The van der Waals surface area contributed by atoms with Gasteiger partial charge in [-0.1, -0.05) is 6.07 Å². The molecule has 4 heterocycles. The molecule has 2 bridgehead atoms. The zero-order valence-corrected chi connectivity index (χ0v) is 16.7. The Morgan fingerprint density at radius 3 is 2.75 bits per heavy atom. The van der Waals surface area contributed by atoms with Crippen molar-refractivity contribution in [1.29, 1.82) is 0 Å². The van der Waals surface area contributed by atoms with Gasteiger partial charge in [-0.05, 0) is 24.8 Å². The molecule has 3 aliphatic heterocycles. The van der Waals surface area contributed by atoms with E-state index in [1.165, 1.54) is 6.92 Å². The number of aromatic nitrogens is 1. The number of carbonyl (C=O) groups excluding carboxylic acids is 2. The number of rotatable bonds is 3. The molecule has 1 aromatic heterocycles. The number of halogens is 1. The number of β-amino-alcohol motifs (C(OH)–C–C–N with tert-alkyl or cyclic N) is 1. The van der Waals surface area contributed by atoms with Gasteiger partial charge in [-0.2, -0.15) is 0 Å². The van der Waals surface area contributed by atoms with Crippen LogP contribution in [0.25, 0.3) is 0 Å². The highest BCUT2D eigenvalue weighted by atomic mass is 35.5. The van der Waals surface area contributed by atoms with Gasteiger partial charge in [0, 0.05) is 50.8 Å². The first-order valence-electron chi connectivity index (χ1n) is 9.60. The van der Waals surface area contributed by atoms with Crippen molar-refractivity contribution in [3.8, 4) is 0 Å². The molecule has 2 amide bonds. The smallest absolute Gasteiger partial charge is 0.251 e. The topological polar surface area (TPSA) is 104 Å². The number of aliphatic hydroxyl groups is 1. The van der Waals surface area contributed by atoms with Crippen molar-refractivity contribution in [2.45, 2.75) is 43.9 Å². The second-order valence-electron chi connectivity index (χ2n) is 7.95. The molecule has 2 fully saturated rings. The second kappa shape index (κ2) is 8.23. The van der Waals surface area contributed by atoms with Crippen LogP contribution in [0.5, 0.6) is 0 Å². The highest BCUT2D eigenvalue weighted by molar-refractivity contribution is 5.85. The first kappa shape index (κ1) is 20.8. The summed E-state index contributed by atoms with van der Waals surface area (Å²) in [4.78, 5) is 38.8. The van der Waals surface area contributed by atoms with E-state index in [0.717, 1.165) is 12.1 Å². The van der Waals surface area contributed by atoms with E-state index in [0.29, 0.717) is 32.6 Å². The van der Waals surface area contributed by atoms with Crippen molar-refractivity contribution in [2.24, 2.45) is 5.92 Å². The summed E-state index contributed by atoms with van der Waals surface area (Å²) in [5.74, 6) is 0.113. The largest absolute Gasteiger partial charge is 0.392 e. The van der Waals surface area contributed by atoms with Crippen molar-refractivity contribution >= 4 is 24.2 Å². The third-order valence-electron chi connectivity index (χ3n) is 6.08. The van der Waals surface area contributed by atoms with Gasteiger partial charge in [0.1, 0.15) is 0 Å². The fourth-order valence-corrected chi connectivity index (χ4v) is 4.86. The molecule has 0 spiro atoms. The van der Waals surface area contributed by atoms with Gasteiger partial charge in [-0.25, -0.2) is 0 Å². The highest BCUT2D eigenvalue weighted by Crippen LogP contribution is 2.41. The Balaban J connectivity index is 0.00000225. The summed E-state index contributed by atoms with van der Waals surface area (Å²) in [6, 6.07) is 4.77. The zero-order chi connectivity index (χ0) is 19.1. The maximum Gasteiger partial charge on any atom is 0.251 e. The van der Waals surface area contributed by atoms with Gasteiger partial charge in [0.05, 0.1) is 18.2 Å². The fraction of sp³-hybridized carbons (Fsp3) is 0.632. The summed E-state index contributed by atoms with van der Waals surface area (Å²) in [5, 5.41) is 15.7. The van der Waals surface area contributed by atoms with Crippen molar-refractivity contribution < 1.29 is 14.7 Å². The van der Waals surface area contributed by atoms with Crippen molar-refractivity contribution in [3.05, 3.63) is 34.2 Å². The molecule has 0 aromatic carbocycles. The standard InChI is InChI=1S/C19H26N4O4.ClH/c1-11(24)20-8-17-13-5-12(16-3-2-4-18(26)23(16)17)9-22(10-13)19(27)15-6-14(25)7-21-15;/h2-4,12-15,17,21,25H,5-10H2,1H3,(H,20,24);1H/t12-,13+,14-,15+,17+;/m1./s1. The van der Waals surface area contributed by atoms with Gasteiger partial charge in [0.2, 0.25) is 11.8 Å². The zero-order valence-electron chi connectivity index (χ0n) is 15.8. The number of piperidine rings is 1. The van der Waals surface area contributed by atoms with Gasteiger partial charge in [-0.3, -0.25) is 14.4 Å². The van der Waals surface area contributed by atoms with Gasteiger partial charge in [0.15, 0.2) is 0 Å². The summed E-state index contributed by atoms with van der Waals surface area (Å²) in [6.45, 7) is 3.44. The lowest BCUT2D eigenvalue weighted by atomic mass is 9.78. The fourth-order valence-electron chi connectivity index (χ4n) is 4.86. The van der Waals surface area contributed by atoms with Gasteiger partial charge in [0.25, 0.3) is 5.56 Å². The van der Waals surface area contributed by atoms with Crippen LogP contribution in [0.4, 0.5) is 0 Å². The number of hydrogen-bond acceptors (Lipinski definition) is 5. The molecule has 0 radical (unpaired) electrons. The number of fused-ring (bicyclic) bond motifs is 4. The average Bonchev–Trinajstić information content (AvgIpc) is 3.07. The Hall–Kier alpha value is -1.90. The monoisotopic (exact) mass is 410 g/mol. The molecular formula is C19H27ClN4O4. The quantitative estimate of drug-likeness (QED) is 0.630. The number of amides is 2. The number of hydrogen-bond donors (Lipinski definition) is 3. The first-order valence-corrected chi connectivity index (χ1v) is 9.60. The predicted octanol–water partition coefficient (Wildman–Crippen LogP) is -0.384. The summed E-state index contributed by atoms with van der Waals surface area (Å²) in [6.07, 6.45) is 0.865. The second-order valence-corrected chi connectivity index (χ2v) is 7.95.